The van der Waals surface area contributed by atoms with E-state index in [0.29, 0.717) is 17.6 Å². The predicted molar refractivity (Wildman–Crippen MR) is 94.2 cm³/mol. The van der Waals surface area contributed by atoms with E-state index in [-0.39, 0.29) is 18.1 Å². The fraction of sp³-hybridized carbons (Fsp3) is 0.211. The van der Waals surface area contributed by atoms with Crippen LogP contribution >= 0.6 is 0 Å². The second-order valence-electron chi connectivity index (χ2n) is 5.34. The highest BCUT2D eigenvalue weighted by Gasteiger charge is 2.12. The smallest absolute Gasteiger partial charge is 0.172 e. The van der Waals surface area contributed by atoms with Crippen LogP contribution < -0.4 is 0 Å². The van der Waals surface area contributed by atoms with E-state index in [0.717, 1.165) is 16.7 Å². The summed E-state index contributed by atoms with van der Waals surface area (Å²) in [5.74, 6) is -0.305. The molecule has 130 valence electrons. The van der Waals surface area contributed by atoms with E-state index in [4.69, 9.17) is 9.68 Å². The Morgan fingerprint density at radius 1 is 1.16 bits per heavy atom. The number of carbonyl (C=O) groups is 1. The first kappa shape index (κ1) is 18.3. The highest BCUT2D eigenvalue weighted by Crippen LogP contribution is 2.17. The standard InChI is InChI=1S/C19H19FN2O3/c1-13-5-4-6-17(19(11-23)22-24-3)18(13)12-25-21-14(2)15-7-9-16(20)10-8-15/h4-11H,12H2,1-3H3/b21-14+,22-19-. The lowest BCUT2D eigenvalue weighted by molar-refractivity contribution is -0.102. The third-order valence-electron chi connectivity index (χ3n) is 3.66. The molecule has 2 rings (SSSR count). The maximum absolute atomic E-state index is 13.0. The molecule has 0 fully saturated rings. The molecule has 0 amide bonds. The first-order valence-corrected chi connectivity index (χ1v) is 7.64. The molecule has 2 aromatic rings. The van der Waals surface area contributed by atoms with E-state index in [1.807, 2.05) is 19.1 Å². The third kappa shape index (κ3) is 4.73. The lowest BCUT2D eigenvalue weighted by Crippen LogP contribution is -2.09. The Morgan fingerprint density at radius 2 is 1.88 bits per heavy atom. The molecule has 0 aliphatic rings. The van der Waals surface area contributed by atoms with Crippen molar-refractivity contribution < 1.29 is 18.9 Å². The minimum atomic E-state index is -0.305. The highest BCUT2D eigenvalue weighted by molar-refractivity contribution is 6.36. The van der Waals surface area contributed by atoms with Gasteiger partial charge in [0.1, 0.15) is 25.2 Å². The summed E-state index contributed by atoms with van der Waals surface area (Å²) in [6.45, 7) is 3.85. The molecule has 5 nitrogen and oxygen atoms in total. The zero-order valence-electron chi connectivity index (χ0n) is 14.3. The van der Waals surface area contributed by atoms with Crippen LogP contribution in [0, 0.1) is 12.7 Å². The molecule has 0 unspecified atom stereocenters. The van der Waals surface area contributed by atoms with Crippen molar-refractivity contribution in [3.05, 3.63) is 70.5 Å². The minimum Gasteiger partial charge on any atom is -0.399 e. The van der Waals surface area contributed by atoms with Gasteiger partial charge in [0.2, 0.25) is 0 Å². The summed E-state index contributed by atoms with van der Waals surface area (Å²) in [5.41, 5.74) is 3.94. The van der Waals surface area contributed by atoms with Crippen molar-refractivity contribution in [3.8, 4) is 0 Å². The van der Waals surface area contributed by atoms with Crippen molar-refractivity contribution in [2.45, 2.75) is 20.5 Å². The van der Waals surface area contributed by atoms with Gasteiger partial charge in [0.25, 0.3) is 0 Å². The number of hydrogen-bond donors (Lipinski definition) is 0. The van der Waals surface area contributed by atoms with E-state index in [2.05, 4.69) is 10.3 Å². The second kappa shape index (κ2) is 8.73. The average Bonchev–Trinajstić information content (AvgIpc) is 2.61. The van der Waals surface area contributed by atoms with Crippen LogP contribution in [0.5, 0.6) is 0 Å². The van der Waals surface area contributed by atoms with Crippen molar-refractivity contribution in [1.29, 1.82) is 0 Å². The first-order valence-electron chi connectivity index (χ1n) is 7.64. The molecule has 6 heteroatoms. The SMILES string of the molecule is CO/N=C(/C=O)c1cccc(C)c1CO/N=C(\C)c1ccc(F)cc1. The fourth-order valence-electron chi connectivity index (χ4n) is 2.30. The molecule has 0 spiro atoms. The number of halogens is 1. The number of aldehydes is 1. The number of hydrogen-bond acceptors (Lipinski definition) is 5. The molecule has 0 N–H and O–H groups in total. The van der Waals surface area contributed by atoms with Gasteiger partial charge in [0, 0.05) is 11.1 Å². The van der Waals surface area contributed by atoms with Gasteiger partial charge >= 0.3 is 0 Å². The third-order valence-corrected chi connectivity index (χ3v) is 3.66. The topological polar surface area (TPSA) is 60.2 Å². The van der Waals surface area contributed by atoms with Gasteiger partial charge < -0.3 is 9.68 Å². The summed E-state index contributed by atoms with van der Waals surface area (Å²) in [4.78, 5) is 21.4. The highest BCUT2D eigenvalue weighted by atomic mass is 19.1. The second-order valence-corrected chi connectivity index (χ2v) is 5.34. The number of benzene rings is 2. The van der Waals surface area contributed by atoms with Crippen molar-refractivity contribution in [1.82, 2.24) is 0 Å². The van der Waals surface area contributed by atoms with Gasteiger partial charge in [0.05, 0.1) is 5.71 Å². The number of rotatable bonds is 7. The zero-order valence-corrected chi connectivity index (χ0v) is 14.3. The van der Waals surface area contributed by atoms with E-state index < -0.39 is 0 Å². The maximum Gasteiger partial charge on any atom is 0.172 e. The molecule has 0 saturated carbocycles. The van der Waals surface area contributed by atoms with Crippen molar-refractivity contribution in [2.24, 2.45) is 10.3 Å². The molecular formula is C19H19FN2O3. The number of oxime groups is 2. The summed E-state index contributed by atoms with van der Waals surface area (Å²) >= 11 is 0. The normalized spacial score (nSPS) is 12.0. The molecule has 0 aromatic heterocycles. The number of nitrogens with zero attached hydrogens (tertiary/aromatic N) is 2. The van der Waals surface area contributed by atoms with Crippen LogP contribution in [0.1, 0.15) is 29.2 Å². The first-order chi connectivity index (χ1) is 12.1. The van der Waals surface area contributed by atoms with Crippen molar-refractivity contribution >= 4 is 17.7 Å². The lowest BCUT2D eigenvalue weighted by atomic mass is 9.99. The number of carbonyl (C=O) groups excluding carboxylic acids is 1. The Bertz CT molecular complexity index is 799. The van der Waals surface area contributed by atoms with Gasteiger partial charge in [0.15, 0.2) is 6.29 Å². The summed E-state index contributed by atoms with van der Waals surface area (Å²) < 4.78 is 13.0. The molecule has 0 bridgehead atoms. The molecule has 25 heavy (non-hydrogen) atoms. The van der Waals surface area contributed by atoms with Crippen molar-refractivity contribution in [3.63, 3.8) is 0 Å². The molecule has 0 aliphatic carbocycles. The van der Waals surface area contributed by atoms with Gasteiger partial charge in [-0.2, -0.15) is 0 Å². The van der Waals surface area contributed by atoms with Gasteiger partial charge in [-0.3, -0.25) is 4.79 Å². The fourth-order valence-corrected chi connectivity index (χ4v) is 2.30. The maximum atomic E-state index is 13.0. The number of aryl methyl sites for hydroxylation is 1. The Balaban J connectivity index is 2.20. The van der Waals surface area contributed by atoms with E-state index in [1.165, 1.54) is 19.2 Å². The van der Waals surface area contributed by atoms with Crippen LogP contribution in [0.3, 0.4) is 0 Å². The largest absolute Gasteiger partial charge is 0.399 e. The van der Waals surface area contributed by atoms with Gasteiger partial charge in [-0.15, -0.1) is 0 Å². The molecule has 0 aliphatic heterocycles. The van der Waals surface area contributed by atoms with Crippen LogP contribution in [0.15, 0.2) is 52.8 Å². The van der Waals surface area contributed by atoms with Crippen LogP contribution in [0.2, 0.25) is 0 Å². The summed E-state index contributed by atoms with van der Waals surface area (Å²) in [6, 6.07) is 11.5. The van der Waals surface area contributed by atoms with Gasteiger partial charge in [-0.25, -0.2) is 4.39 Å². The molecular weight excluding hydrogens is 323 g/mol. The van der Waals surface area contributed by atoms with Crippen LogP contribution in [0.25, 0.3) is 0 Å². The minimum absolute atomic E-state index is 0.164. The zero-order chi connectivity index (χ0) is 18.2. The molecule has 0 radical (unpaired) electrons. The Morgan fingerprint density at radius 3 is 2.52 bits per heavy atom. The summed E-state index contributed by atoms with van der Waals surface area (Å²) in [5, 5.41) is 7.80. The Kier molecular flexibility index (Phi) is 6.39. The molecule has 0 atom stereocenters. The van der Waals surface area contributed by atoms with Gasteiger partial charge in [-0.05, 0) is 37.1 Å². The van der Waals surface area contributed by atoms with Crippen molar-refractivity contribution in [2.75, 3.05) is 7.11 Å². The summed E-state index contributed by atoms with van der Waals surface area (Å²) in [7, 11) is 1.38. The summed E-state index contributed by atoms with van der Waals surface area (Å²) in [6.07, 6.45) is 0.634. The molecule has 0 saturated heterocycles. The van der Waals surface area contributed by atoms with Gasteiger partial charge in [-0.1, -0.05) is 40.6 Å². The van der Waals surface area contributed by atoms with Crippen LogP contribution in [0.4, 0.5) is 4.39 Å². The van der Waals surface area contributed by atoms with Crippen LogP contribution in [-0.4, -0.2) is 24.8 Å². The monoisotopic (exact) mass is 342 g/mol. The van der Waals surface area contributed by atoms with Crippen LogP contribution in [-0.2, 0) is 21.1 Å². The average molecular weight is 342 g/mol. The predicted octanol–water partition coefficient (Wildman–Crippen LogP) is 3.62. The van der Waals surface area contributed by atoms with E-state index >= 15 is 0 Å². The Hall–Kier alpha value is -3.02. The Labute approximate surface area is 145 Å². The quantitative estimate of drug-likeness (QED) is 0.439. The van der Waals surface area contributed by atoms with E-state index in [1.54, 1.807) is 25.1 Å². The van der Waals surface area contributed by atoms with E-state index in [9.17, 15) is 9.18 Å². The molecule has 0 heterocycles. The molecule has 2 aromatic carbocycles. The lowest BCUT2D eigenvalue weighted by Gasteiger charge is -2.11.